The maximum absolute atomic E-state index is 12.5. The number of rotatable bonds is 5. The Balaban J connectivity index is 1.68. The van der Waals surface area contributed by atoms with E-state index in [9.17, 15) is 14.4 Å². The predicted molar refractivity (Wildman–Crippen MR) is 109 cm³/mol. The lowest BCUT2D eigenvalue weighted by atomic mass is 10.1. The van der Waals surface area contributed by atoms with Gasteiger partial charge in [-0.3, -0.25) is 9.59 Å². The molecule has 144 valence electrons. The third-order valence-electron chi connectivity index (χ3n) is 4.29. The molecule has 7 heteroatoms. The Morgan fingerprint density at radius 1 is 1.14 bits per heavy atom. The normalized spacial score (nSPS) is 15.0. The van der Waals surface area contributed by atoms with E-state index in [2.05, 4.69) is 10.6 Å². The van der Waals surface area contributed by atoms with E-state index >= 15 is 0 Å². The summed E-state index contributed by atoms with van der Waals surface area (Å²) < 4.78 is 0. The first kappa shape index (κ1) is 19.2. The SMILES string of the molecule is Cc1cccc(NC(=O)CN2C(=O)N/C(=C/c3ccc(N(C)C)cc3)C2=O)c1. The maximum atomic E-state index is 12.5. The van der Waals surface area contributed by atoms with E-state index in [4.69, 9.17) is 0 Å². The molecular weight excluding hydrogens is 356 g/mol. The Morgan fingerprint density at radius 2 is 1.86 bits per heavy atom. The summed E-state index contributed by atoms with van der Waals surface area (Å²) in [5.41, 5.74) is 3.57. The van der Waals surface area contributed by atoms with Crippen LogP contribution in [-0.4, -0.2) is 43.4 Å². The topological polar surface area (TPSA) is 81.8 Å². The zero-order valence-electron chi connectivity index (χ0n) is 16.0. The van der Waals surface area contributed by atoms with Gasteiger partial charge in [-0.15, -0.1) is 0 Å². The number of carbonyl (C=O) groups excluding carboxylic acids is 3. The Bertz CT molecular complexity index is 948. The first-order valence-corrected chi connectivity index (χ1v) is 8.82. The van der Waals surface area contributed by atoms with Crippen molar-refractivity contribution in [1.29, 1.82) is 0 Å². The van der Waals surface area contributed by atoms with E-state index in [0.29, 0.717) is 5.69 Å². The van der Waals surface area contributed by atoms with Crippen LogP contribution < -0.4 is 15.5 Å². The number of amides is 4. The second kappa shape index (κ2) is 7.96. The highest BCUT2D eigenvalue weighted by molar-refractivity contribution is 6.15. The van der Waals surface area contributed by atoms with Gasteiger partial charge >= 0.3 is 6.03 Å². The van der Waals surface area contributed by atoms with Crippen molar-refractivity contribution in [2.24, 2.45) is 0 Å². The first-order valence-electron chi connectivity index (χ1n) is 8.82. The van der Waals surface area contributed by atoms with Gasteiger partial charge in [-0.05, 0) is 48.4 Å². The second-order valence-corrected chi connectivity index (χ2v) is 6.78. The van der Waals surface area contributed by atoms with Gasteiger partial charge in [-0.25, -0.2) is 9.69 Å². The van der Waals surface area contributed by atoms with Crippen LogP contribution in [-0.2, 0) is 9.59 Å². The highest BCUT2D eigenvalue weighted by atomic mass is 16.2. The summed E-state index contributed by atoms with van der Waals surface area (Å²) >= 11 is 0. The van der Waals surface area contributed by atoms with Crippen molar-refractivity contribution in [3.63, 3.8) is 0 Å². The summed E-state index contributed by atoms with van der Waals surface area (Å²) in [6, 6.07) is 14.2. The molecule has 3 rings (SSSR count). The van der Waals surface area contributed by atoms with Gasteiger partial charge in [0.2, 0.25) is 5.91 Å². The van der Waals surface area contributed by atoms with Crippen LogP contribution in [0.1, 0.15) is 11.1 Å². The van der Waals surface area contributed by atoms with E-state index in [1.165, 1.54) is 0 Å². The third-order valence-corrected chi connectivity index (χ3v) is 4.29. The molecule has 0 aliphatic carbocycles. The van der Waals surface area contributed by atoms with Crippen LogP contribution >= 0.6 is 0 Å². The Kier molecular flexibility index (Phi) is 5.44. The van der Waals surface area contributed by atoms with Gasteiger partial charge in [0.25, 0.3) is 5.91 Å². The monoisotopic (exact) mass is 378 g/mol. The molecule has 1 saturated heterocycles. The van der Waals surface area contributed by atoms with Crippen LogP contribution in [0, 0.1) is 6.92 Å². The fourth-order valence-electron chi connectivity index (χ4n) is 2.82. The van der Waals surface area contributed by atoms with Crippen molar-refractivity contribution in [2.75, 3.05) is 30.9 Å². The lowest BCUT2D eigenvalue weighted by Crippen LogP contribution is -2.38. The number of benzene rings is 2. The summed E-state index contributed by atoms with van der Waals surface area (Å²) in [4.78, 5) is 39.7. The van der Waals surface area contributed by atoms with Crippen molar-refractivity contribution >= 4 is 35.3 Å². The highest BCUT2D eigenvalue weighted by Crippen LogP contribution is 2.17. The Morgan fingerprint density at radius 3 is 2.50 bits per heavy atom. The summed E-state index contributed by atoms with van der Waals surface area (Å²) in [6.45, 7) is 1.56. The minimum Gasteiger partial charge on any atom is -0.378 e. The molecule has 0 spiro atoms. The van der Waals surface area contributed by atoms with Gasteiger partial charge in [0.1, 0.15) is 12.2 Å². The molecule has 4 amide bonds. The maximum Gasteiger partial charge on any atom is 0.329 e. The van der Waals surface area contributed by atoms with Crippen LogP contribution in [0.25, 0.3) is 6.08 Å². The molecule has 7 nitrogen and oxygen atoms in total. The molecule has 1 fully saturated rings. The highest BCUT2D eigenvalue weighted by Gasteiger charge is 2.34. The van der Waals surface area contributed by atoms with Crippen molar-refractivity contribution in [1.82, 2.24) is 10.2 Å². The molecular formula is C21H22N4O3. The molecule has 2 N–H and O–H groups in total. The van der Waals surface area contributed by atoms with Crippen LogP contribution in [0.2, 0.25) is 0 Å². The van der Waals surface area contributed by atoms with Crippen molar-refractivity contribution in [3.05, 3.63) is 65.4 Å². The fourth-order valence-corrected chi connectivity index (χ4v) is 2.82. The van der Waals surface area contributed by atoms with Gasteiger partial charge in [0.05, 0.1) is 0 Å². The zero-order chi connectivity index (χ0) is 20.3. The number of imide groups is 1. The second-order valence-electron chi connectivity index (χ2n) is 6.78. The van der Waals surface area contributed by atoms with Crippen molar-refractivity contribution in [2.45, 2.75) is 6.92 Å². The molecule has 1 heterocycles. The van der Waals surface area contributed by atoms with Gasteiger partial charge in [0, 0.05) is 25.5 Å². The predicted octanol–water partition coefficient (Wildman–Crippen LogP) is 2.59. The minimum absolute atomic E-state index is 0.144. The number of carbonyl (C=O) groups is 3. The molecule has 0 atom stereocenters. The number of nitrogens with one attached hydrogen (secondary N) is 2. The van der Waals surface area contributed by atoms with E-state index in [1.807, 2.05) is 68.4 Å². The molecule has 0 saturated carbocycles. The summed E-state index contributed by atoms with van der Waals surface area (Å²) in [6.07, 6.45) is 1.60. The minimum atomic E-state index is -0.611. The lowest BCUT2D eigenvalue weighted by molar-refractivity contribution is -0.127. The molecule has 0 bridgehead atoms. The number of hydrogen-bond acceptors (Lipinski definition) is 4. The molecule has 0 unspecified atom stereocenters. The summed E-state index contributed by atoms with van der Waals surface area (Å²) in [5.74, 6) is -0.966. The first-order chi connectivity index (χ1) is 13.3. The lowest BCUT2D eigenvalue weighted by Gasteiger charge is -2.12. The van der Waals surface area contributed by atoms with Crippen LogP contribution in [0.5, 0.6) is 0 Å². The third kappa shape index (κ3) is 4.37. The molecule has 0 radical (unpaired) electrons. The summed E-state index contributed by atoms with van der Waals surface area (Å²) in [7, 11) is 3.88. The fraction of sp³-hybridized carbons (Fsp3) is 0.190. The molecule has 0 aromatic heterocycles. The number of nitrogens with zero attached hydrogens (tertiary/aromatic N) is 2. The number of hydrogen-bond donors (Lipinski definition) is 2. The average Bonchev–Trinajstić information content (AvgIpc) is 2.89. The van der Waals surface area contributed by atoms with Crippen LogP contribution in [0.4, 0.5) is 16.2 Å². The average molecular weight is 378 g/mol. The van der Waals surface area contributed by atoms with E-state index in [0.717, 1.165) is 21.7 Å². The number of urea groups is 1. The van der Waals surface area contributed by atoms with Crippen molar-refractivity contribution < 1.29 is 14.4 Å². The molecule has 2 aromatic rings. The smallest absolute Gasteiger partial charge is 0.329 e. The number of anilines is 2. The van der Waals surface area contributed by atoms with Crippen molar-refractivity contribution in [3.8, 4) is 0 Å². The Labute approximate surface area is 163 Å². The van der Waals surface area contributed by atoms with Crippen LogP contribution in [0.3, 0.4) is 0 Å². The quantitative estimate of drug-likeness (QED) is 0.619. The van der Waals surface area contributed by atoms with E-state index in [-0.39, 0.29) is 12.2 Å². The molecule has 2 aromatic carbocycles. The van der Waals surface area contributed by atoms with Crippen LogP contribution in [0.15, 0.2) is 54.2 Å². The Hall–Kier alpha value is -3.61. The van der Waals surface area contributed by atoms with Gasteiger partial charge in [-0.2, -0.15) is 0 Å². The van der Waals surface area contributed by atoms with Gasteiger partial charge in [0.15, 0.2) is 0 Å². The van der Waals surface area contributed by atoms with Gasteiger partial charge in [-0.1, -0.05) is 24.3 Å². The molecule has 28 heavy (non-hydrogen) atoms. The molecule has 1 aliphatic heterocycles. The number of aryl methyl sites for hydroxylation is 1. The molecule has 1 aliphatic rings. The largest absolute Gasteiger partial charge is 0.378 e. The van der Waals surface area contributed by atoms with E-state index in [1.54, 1.807) is 12.1 Å². The zero-order valence-corrected chi connectivity index (χ0v) is 16.0. The summed E-state index contributed by atoms with van der Waals surface area (Å²) in [5, 5.41) is 5.22. The van der Waals surface area contributed by atoms with Gasteiger partial charge < -0.3 is 15.5 Å². The van der Waals surface area contributed by atoms with E-state index < -0.39 is 17.8 Å². The standard InChI is InChI=1S/C21H22N4O3/c1-14-5-4-6-16(11-14)22-19(26)13-25-20(27)18(23-21(25)28)12-15-7-9-17(10-8-15)24(2)3/h4-12H,13H2,1-3H3,(H,22,26)(H,23,28)/b18-12+.